The Morgan fingerprint density at radius 2 is 2.26 bits per heavy atom. The van der Waals surface area contributed by atoms with E-state index in [1.165, 1.54) is 0 Å². The van der Waals surface area contributed by atoms with Crippen molar-refractivity contribution in [3.63, 3.8) is 0 Å². The summed E-state index contributed by atoms with van der Waals surface area (Å²) >= 11 is 0. The van der Waals surface area contributed by atoms with E-state index >= 15 is 0 Å². The Balaban J connectivity index is 2.23. The predicted molar refractivity (Wildman–Crippen MR) is 74.6 cm³/mol. The summed E-state index contributed by atoms with van der Waals surface area (Å²) in [6.45, 7) is 8.36. The van der Waals surface area contributed by atoms with E-state index in [0.29, 0.717) is 6.54 Å². The number of rotatable bonds is 4. The van der Waals surface area contributed by atoms with Gasteiger partial charge < -0.3 is 20.1 Å². The largest absolute Gasteiger partial charge is 0.394 e. The van der Waals surface area contributed by atoms with Gasteiger partial charge in [-0.3, -0.25) is 0 Å². The number of aliphatic hydroxyl groups is 1. The molecule has 1 fully saturated rings. The molecule has 0 radical (unpaired) electrons. The highest BCUT2D eigenvalue weighted by Gasteiger charge is 2.27. The molecule has 19 heavy (non-hydrogen) atoms. The fourth-order valence-corrected chi connectivity index (χ4v) is 2.42. The predicted octanol–water partition coefficient (Wildman–Crippen LogP) is 0.803. The summed E-state index contributed by atoms with van der Waals surface area (Å²) in [5.74, 6) is 1.78. The van der Waals surface area contributed by atoms with E-state index in [4.69, 9.17) is 4.74 Å². The Labute approximate surface area is 113 Å². The highest BCUT2D eigenvalue weighted by atomic mass is 16.5. The molecule has 0 saturated carbocycles. The van der Waals surface area contributed by atoms with E-state index < -0.39 is 0 Å². The number of anilines is 2. The topological polar surface area (TPSA) is 70.5 Å². The normalized spacial score (nSPS) is 23.5. The maximum absolute atomic E-state index is 9.28. The van der Waals surface area contributed by atoms with E-state index in [9.17, 15) is 5.11 Å². The van der Waals surface area contributed by atoms with E-state index in [1.807, 2.05) is 20.8 Å². The molecule has 1 aliphatic heterocycles. The Kier molecular flexibility index (Phi) is 4.55. The Morgan fingerprint density at radius 3 is 2.95 bits per heavy atom. The van der Waals surface area contributed by atoms with Crippen LogP contribution >= 0.6 is 0 Å². The van der Waals surface area contributed by atoms with Gasteiger partial charge in [-0.1, -0.05) is 0 Å². The van der Waals surface area contributed by atoms with Crippen LogP contribution in [0.2, 0.25) is 0 Å². The molecule has 0 aliphatic carbocycles. The van der Waals surface area contributed by atoms with E-state index in [2.05, 4.69) is 20.2 Å². The number of morpholine rings is 1. The Bertz CT molecular complexity index is 427. The molecule has 2 N–H and O–H groups in total. The average molecular weight is 266 g/mol. The first-order valence-corrected chi connectivity index (χ1v) is 6.72. The summed E-state index contributed by atoms with van der Waals surface area (Å²) in [7, 11) is 0. The third-order valence-corrected chi connectivity index (χ3v) is 3.23. The first-order chi connectivity index (χ1) is 9.15. The zero-order chi connectivity index (χ0) is 13.8. The van der Waals surface area contributed by atoms with Crippen molar-refractivity contribution in [1.29, 1.82) is 0 Å². The van der Waals surface area contributed by atoms with Gasteiger partial charge in [0.05, 0.1) is 18.8 Å². The van der Waals surface area contributed by atoms with Crippen LogP contribution in [0.1, 0.15) is 19.4 Å². The van der Waals surface area contributed by atoms with Gasteiger partial charge in [-0.15, -0.1) is 0 Å². The summed E-state index contributed by atoms with van der Waals surface area (Å²) in [5.41, 5.74) is 1.04. The fourth-order valence-electron chi connectivity index (χ4n) is 2.42. The quantitative estimate of drug-likeness (QED) is 0.840. The van der Waals surface area contributed by atoms with Crippen LogP contribution in [0.25, 0.3) is 0 Å². The van der Waals surface area contributed by atoms with Crippen LogP contribution in [-0.2, 0) is 4.74 Å². The van der Waals surface area contributed by atoms with Crippen LogP contribution in [0.5, 0.6) is 0 Å². The molecular formula is C13H22N4O2. The van der Waals surface area contributed by atoms with Crippen molar-refractivity contribution in [3.8, 4) is 0 Å². The second-order valence-corrected chi connectivity index (χ2v) is 4.86. The molecule has 2 unspecified atom stereocenters. The number of aromatic nitrogens is 2. The van der Waals surface area contributed by atoms with E-state index in [-0.39, 0.29) is 18.8 Å². The van der Waals surface area contributed by atoms with E-state index in [0.717, 1.165) is 30.3 Å². The summed E-state index contributed by atoms with van der Waals surface area (Å²) in [4.78, 5) is 10.8. The number of hydrogen-bond acceptors (Lipinski definition) is 6. The van der Waals surface area contributed by atoms with Crippen molar-refractivity contribution in [2.75, 3.05) is 36.5 Å². The highest BCUT2D eigenvalue weighted by molar-refractivity contribution is 5.58. The summed E-state index contributed by atoms with van der Waals surface area (Å²) in [6, 6.07) is 0. The summed E-state index contributed by atoms with van der Waals surface area (Å²) in [6.07, 6.45) is 1.51. The zero-order valence-electron chi connectivity index (χ0n) is 11.8. The lowest BCUT2D eigenvalue weighted by Gasteiger charge is -2.37. The van der Waals surface area contributed by atoms with E-state index in [1.54, 1.807) is 6.33 Å². The van der Waals surface area contributed by atoms with Gasteiger partial charge in [0.25, 0.3) is 0 Å². The molecule has 0 aromatic carbocycles. The molecule has 2 heterocycles. The average Bonchev–Trinajstić information content (AvgIpc) is 2.40. The number of nitrogens with one attached hydrogen (secondary N) is 1. The minimum Gasteiger partial charge on any atom is -0.394 e. The molecule has 2 rings (SSSR count). The molecule has 106 valence electrons. The third-order valence-electron chi connectivity index (χ3n) is 3.23. The Hall–Kier alpha value is -1.40. The van der Waals surface area contributed by atoms with Crippen LogP contribution < -0.4 is 10.2 Å². The lowest BCUT2D eigenvalue weighted by molar-refractivity contribution is -0.0423. The van der Waals surface area contributed by atoms with Gasteiger partial charge in [0.1, 0.15) is 18.0 Å². The molecule has 2 atom stereocenters. The molecule has 0 spiro atoms. The molecule has 1 aromatic heterocycles. The molecule has 0 amide bonds. The first kappa shape index (κ1) is 14.0. The minimum atomic E-state index is -0.152. The molecule has 6 heteroatoms. The SMILES string of the molecule is CCNc1ncnc(N2CC(C)OC(CO)C2)c1C. The number of nitrogens with zero attached hydrogens (tertiary/aromatic N) is 3. The molecule has 1 aliphatic rings. The maximum atomic E-state index is 9.28. The minimum absolute atomic E-state index is 0.0328. The third kappa shape index (κ3) is 3.13. The zero-order valence-corrected chi connectivity index (χ0v) is 11.8. The number of ether oxygens (including phenoxy) is 1. The molecule has 1 saturated heterocycles. The number of hydrogen-bond donors (Lipinski definition) is 2. The number of aliphatic hydroxyl groups excluding tert-OH is 1. The maximum Gasteiger partial charge on any atom is 0.137 e. The smallest absolute Gasteiger partial charge is 0.137 e. The van der Waals surface area contributed by atoms with Crippen molar-refractivity contribution in [2.24, 2.45) is 0 Å². The van der Waals surface area contributed by atoms with Gasteiger partial charge in [-0.2, -0.15) is 0 Å². The van der Waals surface area contributed by atoms with Crippen LogP contribution in [0.3, 0.4) is 0 Å². The van der Waals surface area contributed by atoms with Crippen molar-refractivity contribution in [2.45, 2.75) is 33.0 Å². The van der Waals surface area contributed by atoms with Crippen LogP contribution in [-0.4, -0.2) is 53.5 Å². The van der Waals surface area contributed by atoms with Crippen molar-refractivity contribution in [1.82, 2.24) is 9.97 Å². The van der Waals surface area contributed by atoms with Crippen molar-refractivity contribution < 1.29 is 9.84 Å². The summed E-state index contributed by atoms with van der Waals surface area (Å²) < 4.78 is 5.65. The lowest BCUT2D eigenvalue weighted by atomic mass is 10.2. The van der Waals surface area contributed by atoms with Crippen LogP contribution in [0.4, 0.5) is 11.6 Å². The van der Waals surface area contributed by atoms with Gasteiger partial charge in [0, 0.05) is 25.2 Å². The molecule has 1 aromatic rings. The van der Waals surface area contributed by atoms with Gasteiger partial charge in [-0.05, 0) is 20.8 Å². The fraction of sp³-hybridized carbons (Fsp3) is 0.692. The van der Waals surface area contributed by atoms with Crippen molar-refractivity contribution in [3.05, 3.63) is 11.9 Å². The van der Waals surface area contributed by atoms with Gasteiger partial charge in [0.2, 0.25) is 0 Å². The van der Waals surface area contributed by atoms with Crippen LogP contribution in [0.15, 0.2) is 6.33 Å². The molecular weight excluding hydrogens is 244 g/mol. The molecule has 6 nitrogen and oxygen atoms in total. The second-order valence-electron chi connectivity index (χ2n) is 4.86. The summed E-state index contributed by atoms with van der Waals surface area (Å²) in [5, 5.41) is 12.5. The molecule has 0 bridgehead atoms. The van der Waals surface area contributed by atoms with Gasteiger partial charge >= 0.3 is 0 Å². The van der Waals surface area contributed by atoms with Crippen molar-refractivity contribution >= 4 is 11.6 Å². The van der Waals surface area contributed by atoms with Crippen LogP contribution in [0, 0.1) is 6.92 Å². The standard InChI is InChI=1S/C13H22N4O2/c1-4-14-12-10(3)13(16-8-15-12)17-5-9(2)19-11(6-17)7-18/h8-9,11,18H,4-7H2,1-3H3,(H,14,15,16). The monoisotopic (exact) mass is 266 g/mol. The lowest BCUT2D eigenvalue weighted by Crippen LogP contribution is -2.48. The second kappa shape index (κ2) is 6.16. The first-order valence-electron chi connectivity index (χ1n) is 6.72. The highest BCUT2D eigenvalue weighted by Crippen LogP contribution is 2.25. The Morgan fingerprint density at radius 1 is 1.47 bits per heavy atom. The van der Waals surface area contributed by atoms with Gasteiger partial charge in [-0.25, -0.2) is 9.97 Å². The van der Waals surface area contributed by atoms with Gasteiger partial charge in [0.15, 0.2) is 0 Å².